The fraction of sp³-hybridized carbons (Fsp3) is 0.833. The van der Waals surface area contributed by atoms with E-state index in [0.29, 0.717) is 0 Å². The van der Waals surface area contributed by atoms with Gasteiger partial charge >= 0.3 is 0 Å². The van der Waals surface area contributed by atoms with Gasteiger partial charge in [-0.25, -0.2) is 0 Å². The molecule has 70 valence electrons. The van der Waals surface area contributed by atoms with Gasteiger partial charge in [-0.1, -0.05) is 39.8 Å². The summed E-state index contributed by atoms with van der Waals surface area (Å²) in [5, 5.41) is 0. The van der Waals surface area contributed by atoms with Crippen molar-refractivity contribution in [2.45, 2.75) is 40.5 Å². The molecule has 1 rings (SSSR count). The van der Waals surface area contributed by atoms with Crippen LogP contribution in [0.2, 0.25) is 0 Å². The number of hydrogen-bond acceptors (Lipinski definition) is 0. The van der Waals surface area contributed by atoms with Gasteiger partial charge in [-0.2, -0.15) is 0 Å². The Balaban J connectivity index is 2.66. The molecule has 0 radical (unpaired) electrons. The van der Waals surface area contributed by atoms with Crippen LogP contribution < -0.4 is 0 Å². The van der Waals surface area contributed by atoms with Crippen LogP contribution in [-0.2, 0) is 0 Å². The van der Waals surface area contributed by atoms with Crippen LogP contribution in [0, 0.1) is 23.7 Å². The minimum Gasteiger partial charge on any atom is -0.0996 e. The van der Waals surface area contributed by atoms with E-state index in [0.717, 1.165) is 23.7 Å². The molecule has 1 aliphatic carbocycles. The van der Waals surface area contributed by atoms with Gasteiger partial charge in [0.25, 0.3) is 0 Å². The van der Waals surface area contributed by atoms with Crippen LogP contribution in [0.4, 0.5) is 0 Å². The first-order chi connectivity index (χ1) is 5.52. The van der Waals surface area contributed by atoms with E-state index in [1.165, 1.54) is 18.4 Å². The van der Waals surface area contributed by atoms with E-state index in [4.69, 9.17) is 0 Å². The maximum Gasteiger partial charge on any atom is -0.0203 e. The number of rotatable bonds is 1. The molecule has 1 saturated carbocycles. The quantitative estimate of drug-likeness (QED) is 0.519. The lowest BCUT2D eigenvalue weighted by atomic mass is 9.69. The first-order valence-electron chi connectivity index (χ1n) is 5.20. The third-order valence-electron chi connectivity index (χ3n) is 3.43. The van der Waals surface area contributed by atoms with Gasteiger partial charge in [0.1, 0.15) is 0 Å². The van der Waals surface area contributed by atoms with Crippen LogP contribution in [0.25, 0.3) is 0 Å². The van der Waals surface area contributed by atoms with Crippen molar-refractivity contribution >= 4 is 0 Å². The van der Waals surface area contributed by atoms with Crippen LogP contribution in [0.1, 0.15) is 40.5 Å². The Morgan fingerprint density at radius 1 is 1.33 bits per heavy atom. The largest absolute Gasteiger partial charge is 0.0996 e. The summed E-state index contributed by atoms with van der Waals surface area (Å²) >= 11 is 0. The summed E-state index contributed by atoms with van der Waals surface area (Å²) in [7, 11) is 0. The predicted molar refractivity (Wildman–Crippen MR) is 55.0 cm³/mol. The summed E-state index contributed by atoms with van der Waals surface area (Å²) in [4.78, 5) is 0. The molecule has 0 heteroatoms. The van der Waals surface area contributed by atoms with Crippen LogP contribution in [0.3, 0.4) is 0 Å². The smallest absolute Gasteiger partial charge is 0.0203 e. The fourth-order valence-electron chi connectivity index (χ4n) is 2.54. The zero-order valence-corrected chi connectivity index (χ0v) is 8.93. The second-order valence-electron chi connectivity index (χ2n) is 4.90. The summed E-state index contributed by atoms with van der Waals surface area (Å²) in [5.41, 5.74) is 1.48. The molecule has 0 aliphatic heterocycles. The highest BCUT2D eigenvalue weighted by Crippen LogP contribution is 2.40. The standard InChI is InChI=1S/C12H22/c1-8(2)12-7-9(3)6-10(4)11(12)5/h8-9,11-12H,4,6-7H2,1-3,5H3/t9?,11-,12-/m0/s1. The Morgan fingerprint density at radius 3 is 2.42 bits per heavy atom. The molecule has 3 atom stereocenters. The summed E-state index contributed by atoms with van der Waals surface area (Å²) in [6, 6.07) is 0. The highest BCUT2D eigenvalue weighted by Gasteiger charge is 2.29. The van der Waals surface area contributed by atoms with E-state index in [9.17, 15) is 0 Å². The normalized spacial score (nSPS) is 37.4. The summed E-state index contributed by atoms with van der Waals surface area (Å²) in [5.74, 6) is 3.31. The molecule has 0 aromatic heterocycles. The minimum atomic E-state index is 0.751. The molecular formula is C12H22. The van der Waals surface area contributed by atoms with Crippen molar-refractivity contribution in [3.63, 3.8) is 0 Å². The highest BCUT2D eigenvalue weighted by atomic mass is 14.3. The van der Waals surface area contributed by atoms with E-state index in [1.54, 1.807) is 0 Å². The molecular weight excluding hydrogens is 144 g/mol. The maximum atomic E-state index is 4.18. The average Bonchev–Trinajstić information content (AvgIpc) is 1.96. The Morgan fingerprint density at radius 2 is 1.92 bits per heavy atom. The molecule has 0 aromatic carbocycles. The monoisotopic (exact) mass is 166 g/mol. The van der Waals surface area contributed by atoms with E-state index >= 15 is 0 Å². The van der Waals surface area contributed by atoms with Gasteiger partial charge in [0.2, 0.25) is 0 Å². The van der Waals surface area contributed by atoms with E-state index < -0.39 is 0 Å². The Hall–Kier alpha value is -0.260. The second-order valence-corrected chi connectivity index (χ2v) is 4.90. The summed E-state index contributed by atoms with van der Waals surface area (Å²) < 4.78 is 0. The van der Waals surface area contributed by atoms with Crippen molar-refractivity contribution < 1.29 is 0 Å². The Bertz CT molecular complexity index is 167. The van der Waals surface area contributed by atoms with Crippen LogP contribution in [0.5, 0.6) is 0 Å². The highest BCUT2D eigenvalue weighted by molar-refractivity contribution is 5.06. The van der Waals surface area contributed by atoms with Crippen LogP contribution in [0.15, 0.2) is 12.2 Å². The summed E-state index contributed by atoms with van der Waals surface area (Å²) in [6.45, 7) is 13.6. The number of allylic oxidation sites excluding steroid dienone is 1. The minimum absolute atomic E-state index is 0.751. The molecule has 1 fully saturated rings. The van der Waals surface area contributed by atoms with Gasteiger partial charge in [-0.15, -0.1) is 0 Å². The van der Waals surface area contributed by atoms with Crippen molar-refractivity contribution in [1.29, 1.82) is 0 Å². The molecule has 1 aliphatic rings. The molecule has 0 bridgehead atoms. The van der Waals surface area contributed by atoms with Gasteiger partial charge in [-0.05, 0) is 36.5 Å². The summed E-state index contributed by atoms with van der Waals surface area (Å²) in [6.07, 6.45) is 2.66. The first-order valence-corrected chi connectivity index (χ1v) is 5.20. The van der Waals surface area contributed by atoms with Gasteiger partial charge in [0.15, 0.2) is 0 Å². The second kappa shape index (κ2) is 3.64. The van der Waals surface area contributed by atoms with Crippen LogP contribution >= 0.6 is 0 Å². The molecule has 0 nitrogen and oxygen atoms in total. The topological polar surface area (TPSA) is 0 Å². The van der Waals surface area contributed by atoms with Gasteiger partial charge in [-0.3, -0.25) is 0 Å². The fourth-order valence-corrected chi connectivity index (χ4v) is 2.54. The maximum absolute atomic E-state index is 4.18. The molecule has 12 heavy (non-hydrogen) atoms. The third kappa shape index (κ3) is 1.91. The molecule has 0 aromatic rings. The van der Waals surface area contributed by atoms with Crippen molar-refractivity contribution in [1.82, 2.24) is 0 Å². The van der Waals surface area contributed by atoms with E-state index in [-0.39, 0.29) is 0 Å². The van der Waals surface area contributed by atoms with Gasteiger partial charge in [0.05, 0.1) is 0 Å². The molecule has 0 amide bonds. The predicted octanol–water partition coefficient (Wildman–Crippen LogP) is 3.88. The van der Waals surface area contributed by atoms with Crippen LogP contribution in [-0.4, -0.2) is 0 Å². The zero-order valence-electron chi connectivity index (χ0n) is 8.93. The van der Waals surface area contributed by atoms with Crippen molar-refractivity contribution in [2.24, 2.45) is 23.7 Å². The van der Waals surface area contributed by atoms with Crippen molar-refractivity contribution in [3.05, 3.63) is 12.2 Å². The average molecular weight is 166 g/mol. The molecule has 0 N–H and O–H groups in total. The lowest BCUT2D eigenvalue weighted by Crippen LogP contribution is -2.27. The molecule has 0 heterocycles. The Kier molecular flexibility index (Phi) is 2.98. The van der Waals surface area contributed by atoms with Crippen molar-refractivity contribution in [3.8, 4) is 0 Å². The molecule has 0 spiro atoms. The van der Waals surface area contributed by atoms with Gasteiger partial charge in [0, 0.05) is 0 Å². The van der Waals surface area contributed by atoms with Gasteiger partial charge < -0.3 is 0 Å². The number of hydrogen-bond donors (Lipinski definition) is 0. The van der Waals surface area contributed by atoms with E-state index in [1.807, 2.05) is 0 Å². The molecule has 1 unspecified atom stereocenters. The lowest BCUT2D eigenvalue weighted by molar-refractivity contribution is 0.205. The first kappa shape index (κ1) is 9.83. The van der Waals surface area contributed by atoms with E-state index in [2.05, 4.69) is 34.3 Å². The lowest BCUT2D eigenvalue weighted by Gasteiger charge is -2.37. The Labute approximate surface area is 77.1 Å². The SMILES string of the molecule is C=C1CC(C)C[C@@H](C(C)C)[C@H]1C. The van der Waals surface area contributed by atoms with Crippen molar-refractivity contribution in [2.75, 3.05) is 0 Å². The third-order valence-corrected chi connectivity index (χ3v) is 3.43. The zero-order chi connectivity index (χ0) is 9.30. The molecule has 0 saturated heterocycles.